The molecule has 46 valence electrons. The Morgan fingerprint density at radius 1 is 1.75 bits per heavy atom. The van der Waals surface area contributed by atoms with Gasteiger partial charge in [0.25, 0.3) is 0 Å². The normalized spacial score (nSPS) is 14.2. The molecule has 0 amide bonds. The van der Waals surface area contributed by atoms with E-state index in [0.717, 1.165) is 0 Å². The molecule has 0 bridgehead atoms. The van der Waals surface area contributed by atoms with Crippen molar-refractivity contribution in [3.05, 3.63) is 12.2 Å². The predicted octanol–water partition coefficient (Wildman–Crippen LogP) is 0.370. The minimum atomic E-state index is 0.0974. The zero-order valence-corrected chi connectivity index (χ0v) is 4.87. The van der Waals surface area contributed by atoms with Gasteiger partial charge in [-0.15, -0.1) is 0 Å². The van der Waals surface area contributed by atoms with Crippen molar-refractivity contribution in [2.75, 3.05) is 6.61 Å². The van der Waals surface area contributed by atoms with Crippen LogP contribution in [-0.4, -0.2) is 18.0 Å². The third-order valence-corrected chi connectivity index (χ3v) is 0.806. The van der Waals surface area contributed by atoms with E-state index in [0.29, 0.717) is 6.29 Å². The first-order chi connectivity index (χ1) is 3.81. The van der Waals surface area contributed by atoms with E-state index >= 15 is 0 Å². The highest BCUT2D eigenvalue weighted by Gasteiger charge is 1.88. The lowest BCUT2D eigenvalue weighted by Crippen LogP contribution is -1.94. The van der Waals surface area contributed by atoms with Gasteiger partial charge in [-0.1, -0.05) is 13.0 Å². The Hall–Kier alpha value is -0.630. The molecule has 0 radical (unpaired) electrons. The maximum absolute atomic E-state index is 9.66. The van der Waals surface area contributed by atoms with Crippen LogP contribution in [0.3, 0.4) is 0 Å². The summed E-state index contributed by atoms with van der Waals surface area (Å²) in [7, 11) is 0. The molecule has 0 aromatic carbocycles. The summed E-state index contributed by atoms with van der Waals surface area (Å²) >= 11 is 0. The Labute approximate surface area is 48.8 Å². The van der Waals surface area contributed by atoms with Crippen molar-refractivity contribution < 1.29 is 9.90 Å². The average molecular weight is 114 g/mol. The van der Waals surface area contributed by atoms with E-state index in [4.69, 9.17) is 5.11 Å². The molecule has 0 aromatic heterocycles. The van der Waals surface area contributed by atoms with Crippen LogP contribution in [0.5, 0.6) is 0 Å². The molecular formula is C6H10O2. The van der Waals surface area contributed by atoms with Crippen LogP contribution in [0, 0.1) is 5.92 Å². The van der Waals surface area contributed by atoms with Crippen molar-refractivity contribution in [2.24, 2.45) is 5.92 Å². The van der Waals surface area contributed by atoms with Crippen LogP contribution in [0.25, 0.3) is 0 Å². The Morgan fingerprint density at radius 3 is 2.75 bits per heavy atom. The summed E-state index contributed by atoms with van der Waals surface area (Å²) in [5, 5.41) is 8.39. The monoisotopic (exact) mass is 114 g/mol. The lowest BCUT2D eigenvalue weighted by Gasteiger charge is -1.94. The van der Waals surface area contributed by atoms with Gasteiger partial charge in [0.2, 0.25) is 0 Å². The standard InChI is InChI=1S/C6H10O2/c1-6(5-8)3-2-4-7/h2-4,6,8H,5H2,1H3. The van der Waals surface area contributed by atoms with Crippen molar-refractivity contribution in [3.8, 4) is 0 Å². The molecule has 0 fully saturated rings. The highest BCUT2D eigenvalue weighted by Crippen LogP contribution is 1.91. The van der Waals surface area contributed by atoms with Crippen LogP contribution in [0.4, 0.5) is 0 Å². The van der Waals surface area contributed by atoms with Crippen LogP contribution in [0.2, 0.25) is 0 Å². The minimum absolute atomic E-state index is 0.0974. The molecule has 0 aliphatic heterocycles. The Bertz CT molecular complexity index is 86.5. The van der Waals surface area contributed by atoms with Gasteiger partial charge in [-0.25, -0.2) is 0 Å². The number of rotatable bonds is 3. The summed E-state index contributed by atoms with van der Waals surface area (Å²) in [4.78, 5) is 9.66. The number of hydrogen-bond acceptors (Lipinski definition) is 2. The molecular weight excluding hydrogens is 104 g/mol. The number of aldehydes is 1. The summed E-state index contributed by atoms with van der Waals surface area (Å²) in [5.74, 6) is 0.0974. The first-order valence-electron chi connectivity index (χ1n) is 2.54. The second-order valence-electron chi connectivity index (χ2n) is 1.68. The summed E-state index contributed by atoms with van der Waals surface area (Å²) in [6.45, 7) is 1.93. The highest BCUT2D eigenvalue weighted by molar-refractivity contribution is 5.64. The van der Waals surface area contributed by atoms with Gasteiger partial charge in [0, 0.05) is 6.61 Å². The Kier molecular flexibility index (Phi) is 4.17. The molecule has 0 aliphatic carbocycles. The fraction of sp³-hybridized carbons (Fsp3) is 0.500. The van der Waals surface area contributed by atoms with Crippen molar-refractivity contribution in [2.45, 2.75) is 6.92 Å². The number of aliphatic hydroxyl groups is 1. The first-order valence-corrected chi connectivity index (χ1v) is 2.54. The SMILES string of the molecule is CC(C=CC=O)CO. The number of hydrogen-bond donors (Lipinski definition) is 1. The summed E-state index contributed by atoms with van der Waals surface area (Å²) < 4.78 is 0. The van der Waals surface area contributed by atoms with Crippen molar-refractivity contribution in [3.63, 3.8) is 0 Å². The molecule has 0 heterocycles. The van der Waals surface area contributed by atoms with Crippen LogP contribution in [0.15, 0.2) is 12.2 Å². The zero-order valence-electron chi connectivity index (χ0n) is 4.87. The molecule has 0 spiro atoms. The predicted molar refractivity (Wildman–Crippen MR) is 31.5 cm³/mol. The fourth-order valence-electron chi connectivity index (χ4n) is 0.296. The summed E-state index contributed by atoms with van der Waals surface area (Å²) in [6, 6.07) is 0. The first kappa shape index (κ1) is 7.37. The maximum Gasteiger partial charge on any atom is 0.142 e. The molecule has 0 saturated carbocycles. The maximum atomic E-state index is 9.66. The molecule has 0 aliphatic rings. The van der Waals surface area contributed by atoms with Crippen LogP contribution >= 0.6 is 0 Å². The molecule has 2 heteroatoms. The number of allylic oxidation sites excluding steroid dienone is 1. The van der Waals surface area contributed by atoms with Gasteiger partial charge in [0.05, 0.1) is 0 Å². The zero-order chi connectivity index (χ0) is 6.41. The number of carbonyl (C=O) groups is 1. The van der Waals surface area contributed by atoms with Crippen molar-refractivity contribution in [1.82, 2.24) is 0 Å². The quantitative estimate of drug-likeness (QED) is 0.425. The Balaban J connectivity index is 3.35. The lowest BCUT2D eigenvalue weighted by atomic mass is 10.2. The van der Waals surface area contributed by atoms with Crippen LogP contribution in [-0.2, 0) is 4.79 Å². The highest BCUT2D eigenvalue weighted by atomic mass is 16.3. The molecule has 1 atom stereocenters. The molecule has 0 rings (SSSR count). The van der Waals surface area contributed by atoms with Gasteiger partial charge < -0.3 is 5.11 Å². The van der Waals surface area contributed by atoms with Crippen molar-refractivity contribution in [1.29, 1.82) is 0 Å². The molecule has 1 unspecified atom stereocenters. The topological polar surface area (TPSA) is 37.3 Å². The average Bonchev–Trinajstić information content (AvgIpc) is 1.83. The lowest BCUT2D eigenvalue weighted by molar-refractivity contribution is -0.104. The fourth-order valence-corrected chi connectivity index (χ4v) is 0.296. The number of aliphatic hydroxyl groups excluding tert-OH is 1. The van der Waals surface area contributed by atoms with Crippen LogP contribution in [0.1, 0.15) is 6.92 Å². The largest absolute Gasteiger partial charge is 0.396 e. The Morgan fingerprint density at radius 2 is 2.38 bits per heavy atom. The van der Waals surface area contributed by atoms with Crippen molar-refractivity contribution >= 4 is 6.29 Å². The van der Waals surface area contributed by atoms with Gasteiger partial charge in [-0.3, -0.25) is 4.79 Å². The van der Waals surface area contributed by atoms with Gasteiger partial charge in [0.15, 0.2) is 0 Å². The van der Waals surface area contributed by atoms with E-state index in [-0.39, 0.29) is 12.5 Å². The third-order valence-electron chi connectivity index (χ3n) is 0.806. The van der Waals surface area contributed by atoms with Crippen LogP contribution < -0.4 is 0 Å². The second kappa shape index (κ2) is 4.53. The molecule has 0 saturated heterocycles. The third kappa shape index (κ3) is 3.56. The molecule has 8 heavy (non-hydrogen) atoms. The molecule has 0 aromatic rings. The number of carbonyl (C=O) groups excluding carboxylic acids is 1. The minimum Gasteiger partial charge on any atom is -0.396 e. The van der Waals surface area contributed by atoms with E-state index in [1.165, 1.54) is 6.08 Å². The molecule has 1 N–H and O–H groups in total. The van der Waals surface area contributed by atoms with E-state index in [2.05, 4.69) is 0 Å². The van der Waals surface area contributed by atoms with E-state index < -0.39 is 0 Å². The van der Waals surface area contributed by atoms with E-state index in [1.807, 2.05) is 6.92 Å². The second-order valence-corrected chi connectivity index (χ2v) is 1.68. The summed E-state index contributed by atoms with van der Waals surface area (Å²) in [6.07, 6.45) is 3.75. The summed E-state index contributed by atoms with van der Waals surface area (Å²) in [5.41, 5.74) is 0. The molecule has 2 nitrogen and oxygen atoms in total. The van der Waals surface area contributed by atoms with E-state index in [1.54, 1.807) is 6.08 Å². The van der Waals surface area contributed by atoms with Gasteiger partial charge in [-0.2, -0.15) is 0 Å². The van der Waals surface area contributed by atoms with E-state index in [9.17, 15) is 4.79 Å². The van der Waals surface area contributed by atoms with Gasteiger partial charge in [-0.05, 0) is 12.0 Å². The van der Waals surface area contributed by atoms with Gasteiger partial charge in [0.1, 0.15) is 6.29 Å². The smallest absolute Gasteiger partial charge is 0.142 e. The van der Waals surface area contributed by atoms with Gasteiger partial charge >= 0.3 is 0 Å².